The fraction of sp³-hybridized carbons (Fsp3) is 0.353. The highest BCUT2D eigenvalue weighted by Gasteiger charge is 2.12. The molecule has 1 atom stereocenters. The molecule has 1 heterocycles. The Labute approximate surface area is 121 Å². The van der Waals surface area contributed by atoms with Crippen LogP contribution >= 0.6 is 0 Å². The van der Waals surface area contributed by atoms with E-state index >= 15 is 0 Å². The quantitative estimate of drug-likeness (QED) is 0.874. The molecule has 20 heavy (non-hydrogen) atoms. The SMILES string of the molecule is CNC(Cc1ccccc1)c1cncc(OC(C)C)c1. The zero-order valence-corrected chi connectivity index (χ0v) is 12.3. The number of nitrogens with one attached hydrogen (secondary N) is 1. The van der Waals surface area contributed by atoms with Crippen molar-refractivity contribution < 1.29 is 4.74 Å². The van der Waals surface area contributed by atoms with E-state index in [2.05, 4.69) is 40.6 Å². The highest BCUT2D eigenvalue weighted by atomic mass is 16.5. The molecule has 0 amide bonds. The van der Waals surface area contributed by atoms with Crippen molar-refractivity contribution in [2.24, 2.45) is 0 Å². The molecule has 0 saturated carbocycles. The summed E-state index contributed by atoms with van der Waals surface area (Å²) < 4.78 is 5.71. The van der Waals surface area contributed by atoms with E-state index in [1.165, 1.54) is 5.56 Å². The van der Waals surface area contributed by atoms with Crippen LogP contribution in [0.25, 0.3) is 0 Å². The lowest BCUT2D eigenvalue weighted by Gasteiger charge is -2.18. The molecule has 1 unspecified atom stereocenters. The van der Waals surface area contributed by atoms with Crippen LogP contribution in [0.15, 0.2) is 48.8 Å². The molecule has 1 aromatic carbocycles. The third kappa shape index (κ3) is 4.07. The molecular formula is C17H22N2O. The van der Waals surface area contributed by atoms with E-state index in [0.717, 1.165) is 17.7 Å². The van der Waals surface area contributed by atoms with E-state index < -0.39 is 0 Å². The number of hydrogen-bond donors (Lipinski definition) is 1. The second-order valence-electron chi connectivity index (χ2n) is 5.15. The third-order valence-corrected chi connectivity index (χ3v) is 3.14. The smallest absolute Gasteiger partial charge is 0.138 e. The van der Waals surface area contributed by atoms with Crippen LogP contribution in [0.4, 0.5) is 0 Å². The van der Waals surface area contributed by atoms with Gasteiger partial charge in [-0.05, 0) is 44.5 Å². The van der Waals surface area contributed by atoms with Crippen molar-refractivity contribution in [2.75, 3.05) is 7.05 Å². The summed E-state index contributed by atoms with van der Waals surface area (Å²) in [6, 6.07) is 12.8. The second kappa shape index (κ2) is 7.06. The minimum absolute atomic E-state index is 0.161. The fourth-order valence-corrected chi connectivity index (χ4v) is 2.20. The van der Waals surface area contributed by atoms with Gasteiger partial charge >= 0.3 is 0 Å². The summed E-state index contributed by atoms with van der Waals surface area (Å²) in [7, 11) is 1.98. The average molecular weight is 270 g/mol. The van der Waals surface area contributed by atoms with Gasteiger partial charge in [0.2, 0.25) is 0 Å². The van der Waals surface area contributed by atoms with Gasteiger partial charge < -0.3 is 10.1 Å². The van der Waals surface area contributed by atoms with Gasteiger partial charge in [-0.1, -0.05) is 30.3 Å². The predicted octanol–water partition coefficient (Wildman–Crippen LogP) is 3.37. The highest BCUT2D eigenvalue weighted by molar-refractivity contribution is 5.28. The molecule has 0 saturated heterocycles. The maximum absolute atomic E-state index is 5.71. The number of hydrogen-bond acceptors (Lipinski definition) is 3. The van der Waals surface area contributed by atoms with E-state index in [4.69, 9.17) is 4.74 Å². The van der Waals surface area contributed by atoms with Crippen LogP contribution in [0, 0.1) is 0 Å². The molecule has 106 valence electrons. The molecule has 3 heteroatoms. The molecule has 2 rings (SSSR count). The normalized spacial score (nSPS) is 12.4. The number of rotatable bonds is 6. The van der Waals surface area contributed by atoms with E-state index in [1.54, 1.807) is 6.20 Å². The first kappa shape index (κ1) is 14.5. The molecule has 0 aliphatic rings. The van der Waals surface area contributed by atoms with Crippen molar-refractivity contribution in [1.82, 2.24) is 10.3 Å². The summed E-state index contributed by atoms with van der Waals surface area (Å²) in [5, 5.41) is 3.35. The standard InChI is InChI=1S/C17H22N2O/c1-13(2)20-16-10-15(11-19-12-16)17(18-3)9-14-7-5-4-6-8-14/h4-8,10-13,17-18H,9H2,1-3H3. The van der Waals surface area contributed by atoms with Crippen molar-refractivity contribution >= 4 is 0 Å². The van der Waals surface area contributed by atoms with Gasteiger partial charge in [-0.25, -0.2) is 0 Å². The number of aromatic nitrogens is 1. The van der Waals surface area contributed by atoms with Gasteiger partial charge in [0, 0.05) is 12.2 Å². The van der Waals surface area contributed by atoms with Crippen LogP contribution in [-0.2, 0) is 6.42 Å². The maximum Gasteiger partial charge on any atom is 0.138 e. The van der Waals surface area contributed by atoms with E-state index in [1.807, 2.05) is 33.2 Å². The molecule has 0 fully saturated rings. The highest BCUT2D eigenvalue weighted by Crippen LogP contribution is 2.21. The summed E-state index contributed by atoms with van der Waals surface area (Å²) >= 11 is 0. The molecule has 1 N–H and O–H groups in total. The van der Waals surface area contributed by atoms with E-state index in [0.29, 0.717) is 0 Å². The number of ether oxygens (including phenoxy) is 1. The van der Waals surface area contributed by atoms with Crippen molar-refractivity contribution in [3.05, 3.63) is 59.9 Å². The van der Waals surface area contributed by atoms with Gasteiger partial charge in [0.1, 0.15) is 5.75 Å². The van der Waals surface area contributed by atoms with Gasteiger partial charge in [0.15, 0.2) is 0 Å². The van der Waals surface area contributed by atoms with E-state index in [-0.39, 0.29) is 12.1 Å². The van der Waals surface area contributed by atoms with Crippen molar-refractivity contribution in [1.29, 1.82) is 0 Å². The largest absolute Gasteiger partial charge is 0.489 e. The first-order chi connectivity index (χ1) is 9.69. The number of benzene rings is 1. The van der Waals surface area contributed by atoms with Crippen molar-refractivity contribution in [3.63, 3.8) is 0 Å². The summed E-state index contributed by atoms with van der Waals surface area (Å²) in [5.41, 5.74) is 2.46. The van der Waals surface area contributed by atoms with Crippen LogP contribution in [0.2, 0.25) is 0 Å². The minimum Gasteiger partial charge on any atom is -0.489 e. The van der Waals surface area contributed by atoms with Gasteiger partial charge in [0.05, 0.1) is 12.3 Å². The second-order valence-corrected chi connectivity index (χ2v) is 5.15. The molecule has 0 aliphatic heterocycles. The zero-order valence-electron chi connectivity index (χ0n) is 12.3. The lowest BCUT2D eigenvalue weighted by atomic mass is 10.0. The Bertz CT molecular complexity index is 526. The summed E-state index contributed by atoms with van der Waals surface area (Å²) in [6.45, 7) is 4.04. The fourth-order valence-electron chi connectivity index (χ4n) is 2.20. The number of pyridine rings is 1. The van der Waals surface area contributed by atoms with Crippen LogP contribution in [-0.4, -0.2) is 18.1 Å². The zero-order chi connectivity index (χ0) is 14.4. The Balaban J connectivity index is 2.15. The molecule has 0 spiro atoms. The first-order valence-electron chi connectivity index (χ1n) is 7.02. The first-order valence-corrected chi connectivity index (χ1v) is 7.02. The lowest BCUT2D eigenvalue weighted by Crippen LogP contribution is -2.19. The van der Waals surface area contributed by atoms with Crippen LogP contribution in [0.3, 0.4) is 0 Å². The Kier molecular flexibility index (Phi) is 5.13. The van der Waals surface area contributed by atoms with E-state index in [9.17, 15) is 0 Å². The van der Waals surface area contributed by atoms with Crippen LogP contribution in [0.5, 0.6) is 5.75 Å². The monoisotopic (exact) mass is 270 g/mol. The van der Waals surface area contributed by atoms with Crippen molar-refractivity contribution in [2.45, 2.75) is 32.4 Å². The third-order valence-electron chi connectivity index (χ3n) is 3.14. The van der Waals surface area contributed by atoms with Gasteiger partial charge in [-0.3, -0.25) is 4.98 Å². The molecule has 1 aromatic heterocycles. The molecule has 0 bridgehead atoms. The Hall–Kier alpha value is -1.87. The van der Waals surface area contributed by atoms with Crippen molar-refractivity contribution in [3.8, 4) is 5.75 Å². The average Bonchev–Trinajstić information content (AvgIpc) is 2.45. The summed E-state index contributed by atoms with van der Waals surface area (Å²) in [5.74, 6) is 0.825. The molecule has 2 aromatic rings. The maximum atomic E-state index is 5.71. The predicted molar refractivity (Wildman–Crippen MR) is 81.9 cm³/mol. The van der Waals surface area contributed by atoms with Gasteiger partial charge in [0.25, 0.3) is 0 Å². The molecule has 3 nitrogen and oxygen atoms in total. The summed E-state index contributed by atoms with van der Waals surface area (Å²) in [4.78, 5) is 4.28. The van der Waals surface area contributed by atoms with Gasteiger partial charge in [-0.15, -0.1) is 0 Å². The topological polar surface area (TPSA) is 34.2 Å². The molecule has 0 radical (unpaired) electrons. The minimum atomic E-state index is 0.161. The molecule has 0 aliphatic carbocycles. The molecular weight excluding hydrogens is 248 g/mol. The van der Waals surface area contributed by atoms with Gasteiger partial charge in [-0.2, -0.15) is 0 Å². The van der Waals surface area contributed by atoms with Crippen LogP contribution in [0.1, 0.15) is 31.0 Å². The summed E-state index contributed by atoms with van der Waals surface area (Å²) in [6.07, 6.45) is 4.76. The number of likely N-dealkylation sites (N-methyl/N-ethyl adjacent to an activating group) is 1. The Morgan fingerprint density at radius 2 is 1.90 bits per heavy atom. The Morgan fingerprint density at radius 1 is 1.15 bits per heavy atom. The Morgan fingerprint density at radius 3 is 2.55 bits per heavy atom. The lowest BCUT2D eigenvalue weighted by molar-refractivity contribution is 0.241. The van der Waals surface area contributed by atoms with Crippen LogP contribution < -0.4 is 10.1 Å². The number of nitrogens with zero attached hydrogens (tertiary/aromatic N) is 1.